The molecule has 0 unspecified atom stereocenters. The Kier molecular flexibility index (Phi) is 14.0. The van der Waals surface area contributed by atoms with Crippen LogP contribution in [0.15, 0.2) is 53.4 Å². The largest absolute Gasteiger partial charge is 0.487 e. The molecule has 41 heavy (non-hydrogen) atoms. The van der Waals surface area contributed by atoms with Crippen LogP contribution in [0, 0.1) is 0 Å². The third-order valence-corrected chi connectivity index (χ3v) is 7.19. The number of amides is 1. The van der Waals surface area contributed by atoms with Gasteiger partial charge in [0.1, 0.15) is 22.9 Å². The molecule has 2 N–H and O–H groups in total. The first-order valence-corrected chi connectivity index (χ1v) is 15.5. The number of esters is 1. The fourth-order valence-electron chi connectivity index (χ4n) is 3.73. The summed E-state index contributed by atoms with van der Waals surface area (Å²) in [5.74, 6) is -0.527. The third-order valence-electron chi connectivity index (χ3n) is 5.40. The van der Waals surface area contributed by atoms with E-state index in [1.165, 1.54) is 18.2 Å². The van der Waals surface area contributed by atoms with Crippen molar-refractivity contribution in [2.24, 2.45) is 0 Å². The van der Waals surface area contributed by atoms with E-state index in [2.05, 4.69) is 10.0 Å². The molecular weight excluding hydrogens is 572 g/mol. The highest BCUT2D eigenvalue weighted by molar-refractivity contribution is 7.89. The molecule has 1 amide bonds. The number of carbonyl (C=O) groups is 2. The molecule has 0 aliphatic rings. The maximum absolute atomic E-state index is 13.8. The molecule has 2 rings (SSSR count). The first kappa shape index (κ1) is 34.5. The summed E-state index contributed by atoms with van der Waals surface area (Å²) in [6.45, 7) is 9.16. The van der Waals surface area contributed by atoms with E-state index in [0.717, 1.165) is 5.56 Å². The van der Waals surface area contributed by atoms with Crippen LogP contribution in [0.2, 0.25) is 0 Å². The lowest BCUT2D eigenvalue weighted by molar-refractivity contribution is -0.169. The highest BCUT2D eigenvalue weighted by Gasteiger charge is 2.33. The summed E-state index contributed by atoms with van der Waals surface area (Å²) in [6, 6.07) is 12.4. The molecule has 0 heterocycles. The molecule has 1 atom stereocenters. The molecule has 0 aromatic heterocycles. The Hall–Kier alpha value is -2.70. The minimum atomic E-state index is -4.30. The quantitative estimate of drug-likeness (QED) is 0.145. The zero-order valence-electron chi connectivity index (χ0n) is 24.3. The zero-order chi connectivity index (χ0) is 30.5. The summed E-state index contributed by atoms with van der Waals surface area (Å²) < 4.78 is 52.8. The summed E-state index contributed by atoms with van der Waals surface area (Å²) in [4.78, 5) is 24.8. The predicted octanol–water partition coefficient (Wildman–Crippen LogP) is 5.00. The molecule has 0 saturated carbocycles. The van der Waals surface area contributed by atoms with E-state index in [-0.39, 0.29) is 49.2 Å². The van der Waals surface area contributed by atoms with Gasteiger partial charge in [-0.1, -0.05) is 30.3 Å². The lowest BCUT2D eigenvalue weighted by Crippen LogP contribution is -2.47. The number of halogens is 1. The van der Waals surface area contributed by atoms with Gasteiger partial charge in [-0.15, -0.1) is 11.6 Å². The first-order valence-electron chi connectivity index (χ1n) is 13.5. The number of nitrogens with one attached hydrogen (secondary N) is 2. The third kappa shape index (κ3) is 12.4. The number of sulfonamides is 1. The number of rotatable bonds is 17. The lowest BCUT2D eigenvalue weighted by atomic mass is 10.1. The Morgan fingerprint density at radius 1 is 1.00 bits per heavy atom. The summed E-state index contributed by atoms with van der Waals surface area (Å²) in [6.07, 6.45) is -0.674. The maximum Gasteiger partial charge on any atom is 0.308 e. The number of anilines is 1. The molecule has 2 aromatic carbocycles. The number of hydrogen-bond acceptors (Lipinski definition) is 8. The van der Waals surface area contributed by atoms with Crippen LogP contribution in [0.5, 0.6) is 5.75 Å². The Morgan fingerprint density at radius 3 is 2.24 bits per heavy atom. The van der Waals surface area contributed by atoms with Crippen molar-refractivity contribution in [3.8, 4) is 5.75 Å². The van der Waals surface area contributed by atoms with Crippen molar-refractivity contribution in [2.75, 3.05) is 24.4 Å². The van der Waals surface area contributed by atoms with Gasteiger partial charge in [-0.05, 0) is 58.7 Å². The molecule has 228 valence electrons. The van der Waals surface area contributed by atoms with E-state index in [9.17, 15) is 18.0 Å². The number of hydrogen-bond donors (Lipinski definition) is 2. The Balaban J connectivity index is 2.43. The molecule has 10 nitrogen and oxygen atoms in total. The predicted molar refractivity (Wildman–Crippen MR) is 157 cm³/mol. The molecule has 0 aliphatic carbocycles. The van der Waals surface area contributed by atoms with Gasteiger partial charge in [0.2, 0.25) is 15.9 Å². The van der Waals surface area contributed by atoms with Crippen LogP contribution in [0.25, 0.3) is 0 Å². The first-order chi connectivity index (χ1) is 19.4. The summed E-state index contributed by atoms with van der Waals surface area (Å²) in [5, 5.41) is 2.74. The van der Waals surface area contributed by atoms with Crippen molar-refractivity contribution in [2.45, 2.75) is 83.3 Å². The topological polar surface area (TPSA) is 129 Å². The van der Waals surface area contributed by atoms with Crippen molar-refractivity contribution in [3.05, 3.63) is 54.1 Å². The molecule has 12 heteroatoms. The van der Waals surface area contributed by atoms with E-state index in [1.54, 1.807) is 34.6 Å². The highest BCUT2D eigenvalue weighted by Crippen LogP contribution is 2.29. The summed E-state index contributed by atoms with van der Waals surface area (Å²) >= 11 is 5.69. The average molecular weight is 613 g/mol. The van der Waals surface area contributed by atoms with Gasteiger partial charge in [-0.2, -0.15) is 0 Å². The Morgan fingerprint density at radius 2 is 1.66 bits per heavy atom. The molecule has 2 aromatic rings. The van der Waals surface area contributed by atoms with Crippen molar-refractivity contribution in [1.29, 1.82) is 0 Å². The number of benzene rings is 2. The van der Waals surface area contributed by atoms with E-state index in [0.29, 0.717) is 18.0 Å². The zero-order valence-corrected chi connectivity index (χ0v) is 25.8. The molecule has 0 saturated heterocycles. The van der Waals surface area contributed by atoms with Crippen molar-refractivity contribution < 1.29 is 37.0 Å². The monoisotopic (exact) mass is 612 g/mol. The van der Waals surface area contributed by atoms with Gasteiger partial charge in [0.25, 0.3) is 0 Å². The van der Waals surface area contributed by atoms with Crippen LogP contribution in [-0.4, -0.2) is 57.3 Å². The summed E-state index contributed by atoms with van der Waals surface area (Å²) in [5.41, 5.74) is 0.407. The van der Waals surface area contributed by atoms with Crippen molar-refractivity contribution in [3.63, 3.8) is 0 Å². The van der Waals surface area contributed by atoms with Crippen LogP contribution >= 0.6 is 11.6 Å². The molecule has 0 spiro atoms. The maximum atomic E-state index is 13.8. The van der Waals surface area contributed by atoms with Crippen LogP contribution < -0.4 is 14.8 Å². The van der Waals surface area contributed by atoms with E-state index in [4.69, 9.17) is 30.5 Å². The number of carbonyl (C=O) groups excluding carboxylic acids is 2. The van der Waals surface area contributed by atoms with Crippen LogP contribution in [0.3, 0.4) is 0 Å². The molecule has 0 radical (unpaired) electrons. The van der Waals surface area contributed by atoms with Gasteiger partial charge in [-0.25, -0.2) is 13.1 Å². The SMILES string of the molecule is CCOC(OCC)[C@H](CC(=O)OC(C)(C)C)NS(=O)(=O)c1ccc(NC(=O)CCCCl)cc1OCc1ccccc1. The minimum absolute atomic E-state index is 0.0110. The van der Waals surface area contributed by atoms with Crippen molar-refractivity contribution >= 4 is 39.2 Å². The van der Waals surface area contributed by atoms with E-state index >= 15 is 0 Å². The van der Waals surface area contributed by atoms with Gasteiger partial charge >= 0.3 is 5.97 Å². The Labute approximate surface area is 248 Å². The second-order valence-corrected chi connectivity index (χ2v) is 12.1. The molecule has 0 fully saturated rings. The summed E-state index contributed by atoms with van der Waals surface area (Å²) in [7, 11) is -4.30. The number of ether oxygens (including phenoxy) is 4. The second kappa shape index (κ2) is 16.7. The van der Waals surface area contributed by atoms with Gasteiger partial charge in [0.05, 0.1) is 12.5 Å². The normalized spacial score (nSPS) is 12.7. The van der Waals surface area contributed by atoms with Gasteiger partial charge in [0, 0.05) is 37.3 Å². The minimum Gasteiger partial charge on any atom is -0.487 e. The standard InChI is InChI=1S/C29H41ClN2O8S/c1-6-37-28(38-7-2)23(19-27(34)40-29(3,4)5)32-41(35,36)25-16-15-22(31-26(33)14-11-17-30)18-24(25)39-20-21-12-9-8-10-13-21/h8-10,12-13,15-16,18,23,28,32H,6-7,11,14,17,19-20H2,1-5H3,(H,31,33)/t23-/m0/s1. The molecule has 0 aliphatic heterocycles. The lowest BCUT2D eigenvalue weighted by Gasteiger charge is -2.28. The van der Waals surface area contributed by atoms with E-state index < -0.39 is 33.9 Å². The van der Waals surface area contributed by atoms with E-state index in [1.807, 2.05) is 30.3 Å². The molecular formula is C29H41ClN2O8S. The van der Waals surface area contributed by atoms with Crippen LogP contribution in [-0.2, 0) is 40.4 Å². The fourth-order valence-corrected chi connectivity index (χ4v) is 5.22. The van der Waals surface area contributed by atoms with Gasteiger partial charge < -0.3 is 24.3 Å². The fraction of sp³-hybridized carbons (Fsp3) is 0.517. The molecule has 0 bridgehead atoms. The van der Waals surface area contributed by atoms with Crippen LogP contribution in [0.1, 0.15) is 59.4 Å². The number of alkyl halides is 1. The smallest absolute Gasteiger partial charge is 0.308 e. The average Bonchev–Trinajstić information content (AvgIpc) is 2.89. The Bertz CT molecular complexity index is 1210. The van der Waals surface area contributed by atoms with Crippen LogP contribution in [0.4, 0.5) is 5.69 Å². The second-order valence-electron chi connectivity index (χ2n) is 10.1. The van der Waals surface area contributed by atoms with Gasteiger partial charge in [-0.3, -0.25) is 9.59 Å². The highest BCUT2D eigenvalue weighted by atomic mass is 35.5. The van der Waals surface area contributed by atoms with Crippen molar-refractivity contribution in [1.82, 2.24) is 4.72 Å². The van der Waals surface area contributed by atoms with Gasteiger partial charge in [0.15, 0.2) is 6.29 Å².